The normalized spacial score (nSPS) is 19.1. The monoisotopic (exact) mass is 454 g/mol. The Labute approximate surface area is 197 Å². The number of hydrogen-bond donors (Lipinski definition) is 0. The van der Waals surface area contributed by atoms with Crippen molar-refractivity contribution in [2.24, 2.45) is 0 Å². The van der Waals surface area contributed by atoms with Gasteiger partial charge in [-0.15, -0.1) is 0 Å². The summed E-state index contributed by atoms with van der Waals surface area (Å²) in [5.41, 5.74) is 5.61. The van der Waals surface area contributed by atoms with E-state index in [-0.39, 0.29) is 6.10 Å². The van der Waals surface area contributed by atoms with Crippen molar-refractivity contribution in [3.63, 3.8) is 0 Å². The fourth-order valence-corrected chi connectivity index (χ4v) is 5.41. The lowest BCUT2D eigenvalue weighted by atomic mass is 9.85. The van der Waals surface area contributed by atoms with Gasteiger partial charge in [-0.25, -0.2) is 0 Å². The standard InChI is InChI=1S/C29H20Cl2O/c30-23-14-22(15-24(31)17-23)27-10-4-9-26-20-7-3-8-25(28(16-20)32-29(26)27)21-12-11-18-5-1-2-6-19(18)13-21/h1-15,17,20,28H,16H2/t20-,28?/m1/s1. The van der Waals surface area contributed by atoms with Crippen LogP contribution in [0.3, 0.4) is 0 Å². The molecule has 6 rings (SSSR count). The third kappa shape index (κ3) is 3.43. The van der Waals surface area contributed by atoms with E-state index < -0.39 is 0 Å². The van der Waals surface area contributed by atoms with Crippen molar-refractivity contribution in [3.8, 4) is 16.9 Å². The molecule has 0 amide bonds. The first-order valence-corrected chi connectivity index (χ1v) is 11.5. The first kappa shape index (κ1) is 19.7. The summed E-state index contributed by atoms with van der Waals surface area (Å²) in [7, 11) is 0. The second-order valence-electron chi connectivity index (χ2n) is 8.40. The van der Waals surface area contributed by atoms with Gasteiger partial charge in [-0.05, 0) is 58.2 Å². The molecular weight excluding hydrogens is 435 g/mol. The molecule has 4 aromatic carbocycles. The summed E-state index contributed by atoms with van der Waals surface area (Å²) in [5, 5.41) is 3.72. The molecule has 0 fully saturated rings. The molecule has 0 saturated heterocycles. The van der Waals surface area contributed by atoms with Crippen molar-refractivity contribution >= 4 is 39.5 Å². The second-order valence-corrected chi connectivity index (χ2v) is 9.27. The number of benzene rings is 4. The van der Waals surface area contributed by atoms with Gasteiger partial charge in [0.05, 0.1) is 0 Å². The molecule has 2 aliphatic rings. The van der Waals surface area contributed by atoms with Gasteiger partial charge in [0.1, 0.15) is 11.9 Å². The first-order chi connectivity index (χ1) is 15.7. The third-order valence-corrected chi connectivity index (χ3v) is 6.83. The molecule has 4 aromatic rings. The quantitative estimate of drug-likeness (QED) is 0.294. The Bertz CT molecular complexity index is 1400. The molecule has 1 heterocycles. The van der Waals surface area contributed by atoms with Gasteiger partial charge in [0.25, 0.3) is 0 Å². The van der Waals surface area contributed by atoms with Crippen molar-refractivity contribution in [1.82, 2.24) is 0 Å². The van der Waals surface area contributed by atoms with Crippen LogP contribution in [-0.2, 0) is 0 Å². The molecule has 1 unspecified atom stereocenters. The number of hydrogen-bond acceptors (Lipinski definition) is 1. The minimum Gasteiger partial charge on any atom is -0.485 e. The maximum atomic E-state index is 6.73. The molecule has 2 bridgehead atoms. The summed E-state index contributed by atoms with van der Waals surface area (Å²) in [5.74, 6) is 1.22. The van der Waals surface area contributed by atoms with E-state index in [9.17, 15) is 0 Å². The molecule has 0 spiro atoms. The Hall–Kier alpha value is -3.00. The summed E-state index contributed by atoms with van der Waals surface area (Å²) in [6, 6.07) is 27.1. The van der Waals surface area contributed by atoms with Crippen LogP contribution in [0.5, 0.6) is 5.75 Å². The van der Waals surface area contributed by atoms with Crippen molar-refractivity contribution in [2.45, 2.75) is 18.4 Å². The molecule has 0 aromatic heterocycles. The largest absolute Gasteiger partial charge is 0.485 e. The van der Waals surface area contributed by atoms with Crippen LogP contribution in [0.2, 0.25) is 10.0 Å². The number of rotatable bonds is 2. The van der Waals surface area contributed by atoms with E-state index in [1.807, 2.05) is 12.1 Å². The van der Waals surface area contributed by atoms with E-state index >= 15 is 0 Å². The van der Waals surface area contributed by atoms with Crippen molar-refractivity contribution in [2.75, 3.05) is 0 Å². The summed E-state index contributed by atoms with van der Waals surface area (Å²) >= 11 is 12.6. The van der Waals surface area contributed by atoms with Crippen molar-refractivity contribution in [1.29, 1.82) is 0 Å². The van der Waals surface area contributed by atoms with Gasteiger partial charge in [0.2, 0.25) is 0 Å². The molecule has 0 radical (unpaired) electrons. The molecule has 1 aliphatic carbocycles. The number of allylic oxidation sites excluding steroid dienone is 3. The molecule has 1 aliphatic heterocycles. The van der Waals surface area contributed by atoms with Gasteiger partial charge < -0.3 is 4.74 Å². The Kier molecular flexibility index (Phi) is 4.82. The van der Waals surface area contributed by atoms with Gasteiger partial charge >= 0.3 is 0 Å². The number of para-hydroxylation sites is 1. The minimum atomic E-state index is -0.0283. The van der Waals surface area contributed by atoms with Crippen LogP contribution in [0.1, 0.15) is 23.5 Å². The highest BCUT2D eigenvalue weighted by molar-refractivity contribution is 6.35. The van der Waals surface area contributed by atoms with Crippen molar-refractivity contribution in [3.05, 3.63) is 118 Å². The van der Waals surface area contributed by atoms with Gasteiger partial charge in [0, 0.05) is 27.1 Å². The number of halogens is 2. The number of ether oxygens (including phenoxy) is 1. The summed E-state index contributed by atoms with van der Waals surface area (Å²) in [4.78, 5) is 0. The summed E-state index contributed by atoms with van der Waals surface area (Å²) < 4.78 is 6.73. The highest BCUT2D eigenvalue weighted by Crippen LogP contribution is 2.47. The van der Waals surface area contributed by atoms with Gasteiger partial charge in [0.15, 0.2) is 0 Å². The van der Waals surface area contributed by atoms with Crippen LogP contribution in [0.4, 0.5) is 0 Å². The molecule has 2 atom stereocenters. The molecule has 32 heavy (non-hydrogen) atoms. The Morgan fingerprint density at radius 1 is 0.750 bits per heavy atom. The lowest BCUT2D eigenvalue weighted by Crippen LogP contribution is -2.26. The number of fused-ring (bicyclic) bond motifs is 5. The molecule has 0 saturated carbocycles. The third-order valence-electron chi connectivity index (χ3n) is 6.40. The maximum Gasteiger partial charge on any atom is 0.131 e. The average molecular weight is 455 g/mol. The predicted octanol–water partition coefficient (Wildman–Crippen LogP) is 8.70. The van der Waals surface area contributed by atoms with E-state index in [1.54, 1.807) is 6.07 Å². The minimum absolute atomic E-state index is 0.0283. The SMILES string of the molecule is Clc1cc(Cl)cc(-c2cccc3c2OC2C[C@H]3C=CC=C2c2ccc3ccccc3c2)c1. The maximum absolute atomic E-state index is 6.73. The fourth-order valence-electron chi connectivity index (χ4n) is 4.89. The Balaban J connectivity index is 1.45. The lowest BCUT2D eigenvalue weighted by molar-refractivity contribution is 0.221. The highest BCUT2D eigenvalue weighted by atomic mass is 35.5. The topological polar surface area (TPSA) is 9.23 Å². The highest BCUT2D eigenvalue weighted by Gasteiger charge is 2.32. The fraction of sp³-hybridized carbons (Fsp3) is 0.103. The zero-order valence-electron chi connectivity index (χ0n) is 17.3. The summed E-state index contributed by atoms with van der Waals surface area (Å²) in [6.07, 6.45) is 7.56. The zero-order valence-corrected chi connectivity index (χ0v) is 18.8. The van der Waals surface area contributed by atoms with Gasteiger partial charge in [-0.1, -0.05) is 96.0 Å². The van der Waals surface area contributed by atoms with E-state index in [4.69, 9.17) is 27.9 Å². The van der Waals surface area contributed by atoms with E-state index in [0.29, 0.717) is 16.0 Å². The van der Waals surface area contributed by atoms with Crippen LogP contribution in [0, 0.1) is 0 Å². The molecule has 0 N–H and O–H groups in total. The van der Waals surface area contributed by atoms with Crippen LogP contribution >= 0.6 is 23.2 Å². The summed E-state index contributed by atoms with van der Waals surface area (Å²) in [6.45, 7) is 0. The van der Waals surface area contributed by atoms with Crippen LogP contribution in [-0.4, -0.2) is 6.10 Å². The van der Waals surface area contributed by atoms with E-state index in [1.165, 1.54) is 27.5 Å². The molecule has 3 heteroatoms. The molecule has 1 nitrogen and oxygen atoms in total. The van der Waals surface area contributed by atoms with Crippen LogP contribution in [0.25, 0.3) is 27.5 Å². The predicted molar refractivity (Wildman–Crippen MR) is 135 cm³/mol. The first-order valence-electron chi connectivity index (χ1n) is 10.8. The Morgan fingerprint density at radius 3 is 2.41 bits per heavy atom. The van der Waals surface area contributed by atoms with Crippen LogP contribution < -0.4 is 4.74 Å². The van der Waals surface area contributed by atoms with Gasteiger partial charge in [-0.3, -0.25) is 0 Å². The average Bonchev–Trinajstić information content (AvgIpc) is 2.97. The Morgan fingerprint density at radius 2 is 1.56 bits per heavy atom. The second kappa shape index (κ2) is 7.85. The smallest absolute Gasteiger partial charge is 0.131 e. The van der Waals surface area contributed by atoms with E-state index in [0.717, 1.165) is 23.3 Å². The zero-order chi connectivity index (χ0) is 21.7. The van der Waals surface area contributed by atoms with Gasteiger partial charge in [-0.2, -0.15) is 0 Å². The lowest BCUT2D eigenvalue weighted by Gasteiger charge is -2.33. The molecule has 156 valence electrons. The van der Waals surface area contributed by atoms with Crippen molar-refractivity contribution < 1.29 is 4.74 Å². The van der Waals surface area contributed by atoms with Crippen LogP contribution in [0.15, 0.2) is 97.1 Å². The molecular formula is C29H20Cl2O. The van der Waals surface area contributed by atoms with E-state index in [2.05, 4.69) is 78.9 Å².